The maximum absolute atomic E-state index is 4.76. The Balaban J connectivity index is 1.56. The Labute approximate surface area is 148 Å². The quantitative estimate of drug-likeness (QED) is 0.749. The van der Waals surface area contributed by atoms with Crippen molar-refractivity contribution in [1.82, 2.24) is 24.8 Å². The Morgan fingerprint density at radius 1 is 1.21 bits per heavy atom. The number of hydrogen-bond donors (Lipinski definition) is 1. The number of hydrogen-bond acceptors (Lipinski definition) is 8. The zero-order valence-corrected chi connectivity index (χ0v) is 15.0. The Hall–Kier alpha value is -1.90. The number of likely N-dealkylation sites (tertiary alicyclic amines) is 1. The number of thiazole rings is 2. The summed E-state index contributed by atoms with van der Waals surface area (Å²) in [7, 11) is 0. The van der Waals surface area contributed by atoms with E-state index >= 15 is 0 Å². The molecule has 8 heteroatoms. The van der Waals surface area contributed by atoms with Gasteiger partial charge in [0, 0.05) is 34.9 Å². The fourth-order valence-corrected chi connectivity index (χ4v) is 4.19. The largest absolute Gasteiger partial charge is 0.316 e. The molecule has 6 nitrogen and oxygen atoms in total. The molecule has 1 unspecified atom stereocenters. The van der Waals surface area contributed by atoms with Gasteiger partial charge in [-0.1, -0.05) is 0 Å². The summed E-state index contributed by atoms with van der Waals surface area (Å²) in [5.74, 6) is 1.71. The number of rotatable bonds is 5. The van der Waals surface area contributed by atoms with Crippen LogP contribution in [-0.4, -0.2) is 31.4 Å². The molecular formula is C16H18N6S2. The third-order valence-corrected chi connectivity index (χ3v) is 5.48. The van der Waals surface area contributed by atoms with Crippen LogP contribution in [0.5, 0.6) is 0 Å². The molecule has 1 aliphatic heterocycles. The fourth-order valence-electron chi connectivity index (χ4n) is 3.01. The molecule has 0 saturated carbocycles. The number of nitrogens with one attached hydrogen (secondary N) is 1. The normalized spacial score (nSPS) is 18.1. The van der Waals surface area contributed by atoms with Crippen LogP contribution in [0.1, 0.15) is 35.4 Å². The molecule has 0 aliphatic carbocycles. The van der Waals surface area contributed by atoms with Crippen LogP contribution in [-0.2, 0) is 6.54 Å². The lowest BCUT2D eigenvalue weighted by molar-refractivity contribution is 0.239. The summed E-state index contributed by atoms with van der Waals surface area (Å²) in [5.41, 5.74) is 0.972. The summed E-state index contributed by atoms with van der Waals surface area (Å²) in [6.07, 6.45) is 5.91. The highest BCUT2D eigenvalue weighted by atomic mass is 32.1. The summed E-state index contributed by atoms with van der Waals surface area (Å²) in [4.78, 5) is 20.6. The first kappa shape index (κ1) is 15.6. The maximum Gasteiger partial charge on any atom is 0.188 e. The van der Waals surface area contributed by atoms with Gasteiger partial charge in [0.25, 0.3) is 0 Å². The van der Waals surface area contributed by atoms with Crippen molar-refractivity contribution >= 4 is 33.6 Å². The molecule has 1 aliphatic rings. The molecule has 1 saturated heterocycles. The van der Waals surface area contributed by atoms with E-state index in [1.54, 1.807) is 28.9 Å². The third-order valence-electron chi connectivity index (χ3n) is 4.02. The Morgan fingerprint density at radius 2 is 2.08 bits per heavy atom. The highest BCUT2D eigenvalue weighted by molar-refractivity contribution is 7.13. The first-order valence-corrected chi connectivity index (χ1v) is 9.68. The molecule has 0 bridgehead atoms. The standard InChI is InChI=1S/C16H18N6S2/c1-11-9-13(21-16-18-5-8-24-16)20-15(19-11)12-3-2-6-22(12)10-14-17-4-7-23-14/h4-5,7-9,12H,2-3,6,10H2,1H3,(H,18,19,20,21). The van der Waals surface area contributed by atoms with Crippen molar-refractivity contribution in [3.05, 3.63) is 45.7 Å². The second-order valence-electron chi connectivity index (χ2n) is 5.77. The van der Waals surface area contributed by atoms with Crippen LogP contribution in [0.15, 0.2) is 29.2 Å². The minimum Gasteiger partial charge on any atom is -0.316 e. The van der Waals surface area contributed by atoms with Crippen LogP contribution in [0.25, 0.3) is 0 Å². The Bertz CT molecular complexity index is 787. The van der Waals surface area contributed by atoms with E-state index in [0.29, 0.717) is 0 Å². The van der Waals surface area contributed by atoms with Crippen LogP contribution in [0.4, 0.5) is 10.9 Å². The van der Waals surface area contributed by atoms with Crippen LogP contribution in [0.3, 0.4) is 0 Å². The fraction of sp³-hybridized carbons (Fsp3) is 0.375. The minimum atomic E-state index is 0.255. The van der Waals surface area contributed by atoms with Crippen LogP contribution in [0, 0.1) is 6.92 Å². The average molecular weight is 358 g/mol. The highest BCUT2D eigenvalue weighted by Gasteiger charge is 2.29. The van der Waals surface area contributed by atoms with Crippen molar-refractivity contribution in [2.45, 2.75) is 32.4 Å². The molecular weight excluding hydrogens is 340 g/mol. The van der Waals surface area contributed by atoms with Crippen molar-refractivity contribution in [2.75, 3.05) is 11.9 Å². The second kappa shape index (κ2) is 6.92. The van der Waals surface area contributed by atoms with E-state index in [0.717, 1.165) is 47.0 Å². The summed E-state index contributed by atoms with van der Waals surface area (Å²) >= 11 is 3.27. The van der Waals surface area contributed by atoms with Crippen molar-refractivity contribution in [3.8, 4) is 0 Å². The molecule has 0 spiro atoms. The first-order chi connectivity index (χ1) is 11.8. The molecule has 4 rings (SSSR count). The van der Waals surface area contributed by atoms with Gasteiger partial charge in [0.1, 0.15) is 16.6 Å². The SMILES string of the molecule is Cc1cc(Nc2nccs2)nc(C2CCCN2Cc2nccs2)n1. The van der Waals surface area contributed by atoms with Crippen molar-refractivity contribution < 1.29 is 0 Å². The average Bonchev–Trinajstić information content (AvgIpc) is 3.29. The van der Waals surface area contributed by atoms with Crippen molar-refractivity contribution in [3.63, 3.8) is 0 Å². The molecule has 1 N–H and O–H groups in total. The Morgan fingerprint density at radius 3 is 2.88 bits per heavy atom. The smallest absolute Gasteiger partial charge is 0.188 e. The van der Waals surface area contributed by atoms with E-state index in [9.17, 15) is 0 Å². The van der Waals surface area contributed by atoms with Crippen LogP contribution >= 0.6 is 22.7 Å². The maximum atomic E-state index is 4.76. The highest BCUT2D eigenvalue weighted by Crippen LogP contribution is 2.32. The Kier molecular flexibility index (Phi) is 4.50. The van der Waals surface area contributed by atoms with Gasteiger partial charge >= 0.3 is 0 Å². The lowest BCUT2D eigenvalue weighted by Crippen LogP contribution is -2.24. The van der Waals surface area contributed by atoms with Gasteiger partial charge in [-0.2, -0.15) is 0 Å². The van der Waals surface area contributed by atoms with Gasteiger partial charge in [-0.15, -0.1) is 22.7 Å². The van der Waals surface area contributed by atoms with E-state index in [-0.39, 0.29) is 6.04 Å². The van der Waals surface area contributed by atoms with Crippen LogP contribution in [0.2, 0.25) is 0 Å². The molecule has 1 atom stereocenters. The topological polar surface area (TPSA) is 66.8 Å². The van der Waals surface area contributed by atoms with Gasteiger partial charge in [0.2, 0.25) is 0 Å². The van der Waals surface area contributed by atoms with E-state index in [2.05, 4.69) is 20.2 Å². The molecule has 124 valence electrons. The summed E-state index contributed by atoms with van der Waals surface area (Å²) in [5, 5.41) is 9.25. The summed E-state index contributed by atoms with van der Waals surface area (Å²) < 4.78 is 0. The van der Waals surface area contributed by atoms with Gasteiger partial charge in [-0.25, -0.2) is 19.9 Å². The zero-order valence-electron chi connectivity index (χ0n) is 13.3. The van der Waals surface area contributed by atoms with E-state index in [1.165, 1.54) is 6.42 Å². The van der Waals surface area contributed by atoms with Gasteiger partial charge in [0.15, 0.2) is 5.13 Å². The molecule has 0 aromatic carbocycles. The molecule has 3 aromatic heterocycles. The van der Waals surface area contributed by atoms with Gasteiger partial charge in [-0.05, 0) is 26.3 Å². The predicted molar refractivity (Wildman–Crippen MR) is 96.7 cm³/mol. The second-order valence-corrected chi connectivity index (χ2v) is 7.64. The number of nitrogens with zero attached hydrogens (tertiary/aromatic N) is 5. The molecule has 0 radical (unpaired) electrons. The van der Waals surface area contributed by atoms with E-state index in [1.807, 2.05) is 29.9 Å². The van der Waals surface area contributed by atoms with Gasteiger partial charge < -0.3 is 5.32 Å². The third kappa shape index (κ3) is 3.45. The lowest BCUT2D eigenvalue weighted by Gasteiger charge is -2.22. The number of aryl methyl sites for hydroxylation is 1. The van der Waals surface area contributed by atoms with E-state index < -0.39 is 0 Å². The predicted octanol–water partition coefficient (Wildman–Crippen LogP) is 3.78. The molecule has 3 aromatic rings. The van der Waals surface area contributed by atoms with Crippen molar-refractivity contribution in [1.29, 1.82) is 0 Å². The lowest BCUT2D eigenvalue weighted by atomic mass is 10.2. The monoisotopic (exact) mass is 358 g/mol. The van der Waals surface area contributed by atoms with E-state index in [4.69, 9.17) is 9.97 Å². The molecule has 4 heterocycles. The van der Waals surface area contributed by atoms with Crippen LogP contribution < -0.4 is 5.32 Å². The number of anilines is 2. The van der Waals surface area contributed by atoms with Crippen molar-refractivity contribution in [2.24, 2.45) is 0 Å². The van der Waals surface area contributed by atoms with Gasteiger partial charge in [0.05, 0.1) is 12.6 Å². The summed E-state index contributed by atoms with van der Waals surface area (Å²) in [6.45, 7) is 3.95. The van der Waals surface area contributed by atoms with Gasteiger partial charge in [-0.3, -0.25) is 4.90 Å². The first-order valence-electron chi connectivity index (χ1n) is 7.92. The summed E-state index contributed by atoms with van der Waals surface area (Å²) in [6, 6.07) is 2.22. The molecule has 0 amide bonds. The molecule has 1 fully saturated rings. The minimum absolute atomic E-state index is 0.255. The zero-order chi connectivity index (χ0) is 16.4. The number of aromatic nitrogens is 4. The molecule has 24 heavy (non-hydrogen) atoms.